The molecule has 0 atom stereocenters. The van der Waals surface area contributed by atoms with Gasteiger partial charge in [-0.3, -0.25) is 0 Å². The first-order valence-corrected chi connectivity index (χ1v) is 8.39. The number of hydrazine groups is 1. The van der Waals surface area contributed by atoms with E-state index in [0.29, 0.717) is 11.3 Å². The third-order valence-corrected chi connectivity index (χ3v) is 5.63. The summed E-state index contributed by atoms with van der Waals surface area (Å²) in [5, 5.41) is 0. The number of anilines is 2. The number of nitrogen functional groups attached to an aromatic ring is 1. The second-order valence-electron chi connectivity index (χ2n) is 7.08. The molecule has 1 aromatic rings. The van der Waals surface area contributed by atoms with E-state index in [-0.39, 0.29) is 0 Å². The van der Waals surface area contributed by atoms with Gasteiger partial charge >= 0.3 is 0 Å². The highest BCUT2D eigenvalue weighted by Gasteiger charge is 2.37. The van der Waals surface area contributed by atoms with Gasteiger partial charge in [0, 0.05) is 25.1 Å². The summed E-state index contributed by atoms with van der Waals surface area (Å²) in [4.78, 5) is 11.7. The van der Waals surface area contributed by atoms with Gasteiger partial charge in [-0.15, -0.1) is 0 Å². The fourth-order valence-electron chi connectivity index (χ4n) is 4.05. The van der Waals surface area contributed by atoms with Crippen LogP contribution in [0.1, 0.15) is 63.1 Å². The van der Waals surface area contributed by atoms with Crippen LogP contribution in [-0.4, -0.2) is 23.1 Å². The van der Waals surface area contributed by atoms with Crippen LogP contribution in [0.5, 0.6) is 0 Å². The summed E-state index contributed by atoms with van der Waals surface area (Å²) in [6.45, 7) is 2.26. The maximum absolute atomic E-state index is 5.57. The van der Waals surface area contributed by atoms with Gasteiger partial charge in [0.05, 0.1) is 0 Å². The molecule has 3 N–H and O–H groups in total. The minimum Gasteiger partial charge on any atom is -0.356 e. The van der Waals surface area contributed by atoms with Crippen molar-refractivity contribution in [3.63, 3.8) is 0 Å². The van der Waals surface area contributed by atoms with E-state index >= 15 is 0 Å². The van der Waals surface area contributed by atoms with Gasteiger partial charge in [-0.1, -0.05) is 12.8 Å². The third-order valence-electron chi connectivity index (χ3n) is 5.63. The summed E-state index contributed by atoms with van der Waals surface area (Å²) < 4.78 is 0. The van der Waals surface area contributed by atoms with E-state index in [4.69, 9.17) is 10.8 Å². The first kappa shape index (κ1) is 13.3. The van der Waals surface area contributed by atoms with E-state index in [1.54, 1.807) is 0 Å². The van der Waals surface area contributed by atoms with E-state index in [2.05, 4.69) is 15.3 Å². The Kier molecular flexibility index (Phi) is 3.25. The molecule has 5 nitrogen and oxygen atoms in total. The van der Waals surface area contributed by atoms with Gasteiger partial charge in [-0.05, 0) is 43.9 Å². The van der Waals surface area contributed by atoms with Crippen molar-refractivity contribution in [2.24, 2.45) is 11.3 Å². The molecule has 1 aliphatic heterocycles. The normalized spacial score (nSPS) is 24.5. The molecule has 2 heterocycles. The lowest BCUT2D eigenvalue weighted by atomic mass is 9.77. The van der Waals surface area contributed by atoms with Crippen molar-refractivity contribution in [3.8, 4) is 0 Å². The summed E-state index contributed by atoms with van der Waals surface area (Å²) in [6, 6.07) is 2.00. The van der Waals surface area contributed by atoms with E-state index in [1.807, 2.05) is 6.07 Å². The first-order chi connectivity index (χ1) is 10.3. The number of nitrogens with zero attached hydrogens (tertiary/aromatic N) is 3. The fraction of sp³-hybridized carbons (Fsp3) is 0.750. The first-order valence-electron chi connectivity index (χ1n) is 8.39. The van der Waals surface area contributed by atoms with Gasteiger partial charge in [0.15, 0.2) is 0 Å². The van der Waals surface area contributed by atoms with E-state index in [9.17, 15) is 0 Å². The maximum atomic E-state index is 5.57. The Bertz CT molecular complexity index is 509. The van der Waals surface area contributed by atoms with Crippen LogP contribution in [0, 0.1) is 5.41 Å². The number of nitrogens with one attached hydrogen (secondary N) is 1. The number of hydrogen-bond acceptors (Lipinski definition) is 5. The summed E-state index contributed by atoms with van der Waals surface area (Å²) in [6.07, 6.45) is 10.8. The van der Waals surface area contributed by atoms with Crippen LogP contribution >= 0.6 is 0 Å². The van der Waals surface area contributed by atoms with Crippen molar-refractivity contribution in [2.45, 2.75) is 57.3 Å². The summed E-state index contributed by atoms with van der Waals surface area (Å²) in [5.41, 5.74) is 3.35. The number of rotatable bonds is 3. The van der Waals surface area contributed by atoms with Gasteiger partial charge in [-0.2, -0.15) is 0 Å². The minimum absolute atomic E-state index is 0.558. The van der Waals surface area contributed by atoms with Gasteiger partial charge in [0.25, 0.3) is 0 Å². The van der Waals surface area contributed by atoms with Crippen LogP contribution in [0.2, 0.25) is 0 Å². The molecular weight excluding hydrogens is 262 g/mol. The molecule has 0 amide bonds. The quantitative estimate of drug-likeness (QED) is 0.661. The lowest BCUT2D eigenvalue weighted by Crippen LogP contribution is -2.39. The number of piperidine rings is 1. The van der Waals surface area contributed by atoms with Crippen LogP contribution in [0.3, 0.4) is 0 Å². The lowest BCUT2D eigenvalue weighted by Gasteiger charge is -2.40. The van der Waals surface area contributed by atoms with Crippen molar-refractivity contribution in [3.05, 3.63) is 11.9 Å². The average Bonchev–Trinajstić information content (AvgIpc) is 3.29. The van der Waals surface area contributed by atoms with E-state index in [1.165, 1.54) is 51.4 Å². The second kappa shape index (κ2) is 5.13. The second-order valence-corrected chi connectivity index (χ2v) is 7.08. The predicted octanol–water partition coefficient (Wildman–Crippen LogP) is 2.80. The predicted molar refractivity (Wildman–Crippen MR) is 84.2 cm³/mol. The summed E-state index contributed by atoms with van der Waals surface area (Å²) >= 11 is 0. The topological polar surface area (TPSA) is 67.1 Å². The summed E-state index contributed by atoms with van der Waals surface area (Å²) in [7, 11) is 0. The molecule has 1 aromatic heterocycles. The molecule has 1 saturated heterocycles. The van der Waals surface area contributed by atoms with E-state index < -0.39 is 0 Å². The largest absolute Gasteiger partial charge is 0.356 e. The highest BCUT2D eigenvalue weighted by molar-refractivity contribution is 5.49. The average molecular weight is 287 g/mol. The van der Waals surface area contributed by atoms with Crippen molar-refractivity contribution in [1.82, 2.24) is 9.97 Å². The Morgan fingerprint density at radius 2 is 1.81 bits per heavy atom. The van der Waals surface area contributed by atoms with Crippen molar-refractivity contribution < 1.29 is 0 Å². The molecule has 3 aliphatic rings. The molecule has 4 rings (SSSR count). The minimum atomic E-state index is 0.558. The van der Waals surface area contributed by atoms with Gasteiger partial charge in [0.1, 0.15) is 17.5 Å². The Hall–Kier alpha value is -1.36. The number of aromatic nitrogens is 2. The number of hydrogen-bond donors (Lipinski definition) is 2. The zero-order chi connectivity index (χ0) is 14.3. The standard InChI is InChI=1S/C16H25N5/c17-20-13-11-14(19-15(18-13)12-3-4-12)21-9-7-16(8-10-21)5-1-2-6-16/h11-12H,1-10,17H2,(H,18,19,20). The fourth-order valence-corrected chi connectivity index (χ4v) is 4.05. The molecular formula is C16H25N5. The van der Waals surface area contributed by atoms with Crippen molar-refractivity contribution >= 4 is 11.6 Å². The molecule has 2 aliphatic carbocycles. The van der Waals surface area contributed by atoms with Gasteiger partial charge in [-0.25, -0.2) is 15.8 Å². The highest BCUT2D eigenvalue weighted by atomic mass is 15.3. The third kappa shape index (κ3) is 2.59. The monoisotopic (exact) mass is 287 g/mol. The smallest absolute Gasteiger partial charge is 0.145 e. The van der Waals surface area contributed by atoms with Crippen LogP contribution in [0.15, 0.2) is 6.07 Å². The Labute approximate surface area is 126 Å². The van der Waals surface area contributed by atoms with Crippen LogP contribution < -0.4 is 16.2 Å². The molecule has 0 radical (unpaired) electrons. The van der Waals surface area contributed by atoms with Crippen molar-refractivity contribution in [1.29, 1.82) is 0 Å². The molecule has 1 spiro atoms. The summed E-state index contributed by atoms with van der Waals surface area (Å²) in [5.74, 6) is 8.92. The molecule has 21 heavy (non-hydrogen) atoms. The SMILES string of the molecule is NNc1cc(N2CCC3(CCCC3)CC2)nc(C2CC2)n1. The highest BCUT2D eigenvalue weighted by Crippen LogP contribution is 2.46. The molecule has 5 heteroatoms. The molecule has 0 bridgehead atoms. The van der Waals surface area contributed by atoms with E-state index in [0.717, 1.165) is 30.5 Å². The Morgan fingerprint density at radius 1 is 1.10 bits per heavy atom. The van der Waals surface area contributed by atoms with Gasteiger partial charge in [0.2, 0.25) is 0 Å². The maximum Gasteiger partial charge on any atom is 0.145 e. The molecule has 114 valence electrons. The molecule has 0 unspecified atom stereocenters. The van der Waals surface area contributed by atoms with Gasteiger partial charge < -0.3 is 10.3 Å². The van der Waals surface area contributed by atoms with Crippen molar-refractivity contribution in [2.75, 3.05) is 23.4 Å². The van der Waals surface area contributed by atoms with Crippen LogP contribution in [0.25, 0.3) is 0 Å². The lowest BCUT2D eigenvalue weighted by molar-refractivity contribution is 0.226. The zero-order valence-electron chi connectivity index (χ0n) is 12.6. The molecule has 3 fully saturated rings. The molecule has 0 aromatic carbocycles. The number of nitrogens with two attached hydrogens (primary N) is 1. The Morgan fingerprint density at radius 3 is 2.43 bits per heavy atom. The van der Waals surface area contributed by atoms with Crippen LogP contribution in [-0.2, 0) is 0 Å². The zero-order valence-corrected chi connectivity index (χ0v) is 12.6. The van der Waals surface area contributed by atoms with Crippen LogP contribution in [0.4, 0.5) is 11.6 Å². The molecule has 2 saturated carbocycles. The Balaban J connectivity index is 1.52.